The monoisotopic (exact) mass is 328 g/mol. The van der Waals surface area contributed by atoms with Gasteiger partial charge in [-0.15, -0.1) is 0 Å². The molecule has 0 saturated heterocycles. The van der Waals surface area contributed by atoms with Crippen molar-refractivity contribution in [2.24, 2.45) is 5.92 Å². The van der Waals surface area contributed by atoms with Crippen LogP contribution in [0.4, 0.5) is 4.39 Å². The second-order valence-electron chi connectivity index (χ2n) is 4.62. The van der Waals surface area contributed by atoms with Gasteiger partial charge in [0.1, 0.15) is 0 Å². The fourth-order valence-electron chi connectivity index (χ4n) is 1.38. The van der Waals surface area contributed by atoms with Gasteiger partial charge in [0.05, 0.1) is 5.70 Å². The van der Waals surface area contributed by atoms with Crippen LogP contribution < -0.4 is 0 Å². The van der Waals surface area contributed by atoms with Crippen LogP contribution in [0.25, 0.3) is 0 Å². The van der Waals surface area contributed by atoms with E-state index in [-0.39, 0.29) is 0 Å². The van der Waals surface area contributed by atoms with Crippen molar-refractivity contribution < 1.29 is 12.8 Å². The van der Waals surface area contributed by atoms with Gasteiger partial charge in [0.2, 0.25) is 4.46 Å². The molecular formula is C11H18ClFN2O2S2. The molecule has 0 radical (unpaired) electrons. The standard InChI is InChI=1S/C11H18ClFN2O2S2/c1-9-5-7-10(8-6-9)15(18-11(2,12)13)19(16,17)14(3)4/h5,7-9H,6H2,1-4H3. The number of hydrogen-bond acceptors (Lipinski definition) is 3. The highest BCUT2D eigenvalue weighted by Crippen LogP contribution is 2.39. The molecule has 0 amide bonds. The molecule has 0 bridgehead atoms. The van der Waals surface area contributed by atoms with E-state index in [9.17, 15) is 12.8 Å². The lowest BCUT2D eigenvalue weighted by molar-refractivity contribution is 0.423. The zero-order chi connectivity index (χ0) is 14.8. The third-order valence-electron chi connectivity index (χ3n) is 2.42. The maximum absolute atomic E-state index is 13.6. The molecule has 0 heterocycles. The molecule has 110 valence electrons. The van der Waals surface area contributed by atoms with E-state index >= 15 is 0 Å². The largest absolute Gasteiger partial charge is 0.313 e. The molecule has 0 spiro atoms. The smallest absolute Gasteiger partial charge is 0.212 e. The summed E-state index contributed by atoms with van der Waals surface area (Å²) in [5.41, 5.74) is 0.418. The van der Waals surface area contributed by atoms with E-state index in [0.717, 1.165) is 14.9 Å². The van der Waals surface area contributed by atoms with Gasteiger partial charge in [0.25, 0.3) is 0 Å². The van der Waals surface area contributed by atoms with E-state index in [2.05, 4.69) is 0 Å². The van der Waals surface area contributed by atoms with Gasteiger partial charge in [-0.3, -0.25) is 0 Å². The Morgan fingerprint density at radius 3 is 2.47 bits per heavy atom. The van der Waals surface area contributed by atoms with Gasteiger partial charge in [-0.25, -0.2) is 4.39 Å². The molecule has 1 aliphatic carbocycles. The molecule has 8 heteroatoms. The molecule has 0 saturated carbocycles. The maximum Gasteiger partial charge on any atom is 0.313 e. The van der Waals surface area contributed by atoms with Crippen LogP contribution in [0.2, 0.25) is 0 Å². The molecule has 4 nitrogen and oxygen atoms in total. The summed E-state index contributed by atoms with van der Waals surface area (Å²) < 4.78 is 37.8. The molecule has 1 aliphatic rings. The summed E-state index contributed by atoms with van der Waals surface area (Å²) in [6, 6.07) is 0. The predicted octanol–water partition coefficient (Wildman–Crippen LogP) is 3.10. The highest BCUT2D eigenvalue weighted by Gasteiger charge is 2.35. The van der Waals surface area contributed by atoms with Crippen LogP contribution in [0, 0.1) is 5.92 Å². The predicted molar refractivity (Wildman–Crippen MR) is 78.4 cm³/mol. The number of nitrogens with zero attached hydrogens (tertiary/aromatic N) is 2. The van der Waals surface area contributed by atoms with E-state index in [1.54, 1.807) is 12.2 Å². The van der Waals surface area contributed by atoms with Crippen molar-refractivity contribution in [2.45, 2.75) is 24.7 Å². The van der Waals surface area contributed by atoms with E-state index in [1.165, 1.54) is 14.1 Å². The van der Waals surface area contributed by atoms with Gasteiger partial charge in [-0.1, -0.05) is 30.7 Å². The minimum absolute atomic E-state index is 0.338. The van der Waals surface area contributed by atoms with Crippen molar-refractivity contribution in [3.05, 3.63) is 23.9 Å². The summed E-state index contributed by atoms with van der Waals surface area (Å²) in [4.78, 5) is 0. The molecule has 19 heavy (non-hydrogen) atoms. The number of halogens is 2. The first-order chi connectivity index (χ1) is 8.54. The Labute approximate surface area is 123 Å². The molecule has 0 aromatic carbocycles. The lowest BCUT2D eigenvalue weighted by Crippen LogP contribution is -2.37. The van der Waals surface area contributed by atoms with E-state index in [0.29, 0.717) is 30.0 Å². The Kier molecular flexibility index (Phi) is 5.34. The van der Waals surface area contributed by atoms with Crippen LogP contribution in [0.3, 0.4) is 0 Å². The lowest BCUT2D eigenvalue weighted by Gasteiger charge is -2.30. The highest BCUT2D eigenvalue weighted by molar-refractivity contribution is 8.09. The molecule has 0 fully saturated rings. The van der Waals surface area contributed by atoms with E-state index in [1.807, 2.05) is 13.0 Å². The first kappa shape index (κ1) is 16.8. The van der Waals surface area contributed by atoms with Crippen molar-refractivity contribution in [3.63, 3.8) is 0 Å². The topological polar surface area (TPSA) is 40.6 Å². The minimum atomic E-state index is -3.80. The van der Waals surface area contributed by atoms with Gasteiger partial charge in [0, 0.05) is 26.0 Å². The van der Waals surface area contributed by atoms with Crippen molar-refractivity contribution in [2.75, 3.05) is 14.1 Å². The molecule has 2 atom stereocenters. The van der Waals surface area contributed by atoms with Crippen molar-refractivity contribution in [3.8, 4) is 0 Å². The van der Waals surface area contributed by atoms with Crippen LogP contribution >= 0.6 is 23.5 Å². The summed E-state index contributed by atoms with van der Waals surface area (Å²) in [6.45, 7) is 3.12. The van der Waals surface area contributed by atoms with Crippen LogP contribution in [-0.4, -0.2) is 35.0 Å². The molecule has 1 rings (SSSR count). The first-order valence-corrected chi connectivity index (χ1v) is 8.27. The van der Waals surface area contributed by atoms with Crippen molar-refractivity contribution >= 4 is 33.8 Å². The Balaban J connectivity index is 3.11. The molecular weight excluding hydrogens is 311 g/mol. The van der Waals surface area contributed by atoms with Crippen LogP contribution in [0.5, 0.6) is 0 Å². The Morgan fingerprint density at radius 1 is 1.53 bits per heavy atom. The molecule has 2 unspecified atom stereocenters. The summed E-state index contributed by atoms with van der Waals surface area (Å²) in [7, 11) is -1.02. The SMILES string of the molecule is CC1C=CC(N(SC(C)(F)Cl)S(=O)(=O)N(C)C)=CC1. The fraction of sp³-hybridized carbons (Fsp3) is 0.636. The Hall–Kier alpha value is -0.240. The third kappa shape index (κ3) is 4.66. The zero-order valence-electron chi connectivity index (χ0n) is 11.3. The minimum Gasteiger partial charge on any atom is -0.212 e. The quantitative estimate of drug-likeness (QED) is 0.575. The van der Waals surface area contributed by atoms with Crippen LogP contribution in [0.1, 0.15) is 20.3 Å². The molecule has 0 aromatic rings. The van der Waals surface area contributed by atoms with Gasteiger partial charge < -0.3 is 0 Å². The van der Waals surface area contributed by atoms with Gasteiger partial charge in [-0.2, -0.15) is 16.4 Å². The fourth-order valence-corrected chi connectivity index (χ4v) is 4.14. The third-order valence-corrected chi connectivity index (χ3v) is 5.67. The first-order valence-electron chi connectivity index (χ1n) is 5.72. The highest BCUT2D eigenvalue weighted by atomic mass is 35.5. The average molecular weight is 329 g/mol. The molecule has 0 aromatic heterocycles. The zero-order valence-corrected chi connectivity index (χ0v) is 13.7. The summed E-state index contributed by atoms with van der Waals surface area (Å²) in [5, 5.41) is 0. The Morgan fingerprint density at radius 2 is 2.11 bits per heavy atom. The number of alkyl halides is 2. The van der Waals surface area contributed by atoms with Crippen LogP contribution in [0.15, 0.2) is 23.9 Å². The maximum atomic E-state index is 13.6. The Bertz CT molecular complexity index is 483. The second kappa shape index (κ2) is 6.03. The van der Waals surface area contributed by atoms with Gasteiger partial charge >= 0.3 is 10.2 Å². The normalized spacial score (nSPS) is 23.1. The molecule has 0 aliphatic heterocycles. The van der Waals surface area contributed by atoms with Gasteiger partial charge in [0.15, 0.2) is 0 Å². The average Bonchev–Trinajstić information content (AvgIpc) is 2.25. The van der Waals surface area contributed by atoms with Crippen LogP contribution in [-0.2, 0) is 10.2 Å². The molecule has 0 N–H and O–H groups in total. The summed E-state index contributed by atoms with van der Waals surface area (Å²) in [5.74, 6) is 0.338. The lowest BCUT2D eigenvalue weighted by atomic mass is 10.0. The number of hydrogen-bond donors (Lipinski definition) is 0. The summed E-state index contributed by atoms with van der Waals surface area (Å²) in [6.07, 6.45) is 6.03. The van der Waals surface area contributed by atoms with Gasteiger partial charge in [-0.05, 0) is 25.3 Å². The second-order valence-corrected chi connectivity index (χ2v) is 9.09. The van der Waals surface area contributed by atoms with Crippen molar-refractivity contribution in [1.82, 2.24) is 8.02 Å². The summed E-state index contributed by atoms with van der Waals surface area (Å²) >= 11 is 5.93. The van der Waals surface area contributed by atoms with E-state index in [4.69, 9.17) is 11.6 Å². The number of rotatable bonds is 5. The number of allylic oxidation sites excluding steroid dienone is 3. The van der Waals surface area contributed by atoms with Crippen molar-refractivity contribution in [1.29, 1.82) is 0 Å². The van der Waals surface area contributed by atoms with E-state index < -0.39 is 14.7 Å².